The first-order valence-electron chi connectivity index (χ1n) is 6.32. The van der Waals surface area contributed by atoms with Crippen LogP contribution in [-0.4, -0.2) is 50.1 Å². The molecule has 0 aliphatic carbocycles. The predicted octanol–water partition coefficient (Wildman–Crippen LogP) is 0.804. The number of hydrogen-bond acceptors (Lipinski definition) is 5. The van der Waals surface area contributed by atoms with E-state index in [4.69, 9.17) is 5.11 Å². The van der Waals surface area contributed by atoms with E-state index in [0.29, 0.717) is 19.6 Å². The fourth-order valence-electron chi connectivity index (χ4n) is 2.02. The first-order valence-corrected chi connectivity index (χ1v) is 7.27. The Morgan fingerprint density at radius 2 is 2.29 bits per heavy atom. The lowest BCUT2D eigenvalue weighted by Gasteiger charge is -2.38. The molecule has 2 aromatic rings. The highest BCUT2D eigenvalue weighted by atomic mass is 32.1. The average Bonchev–Trinajstić information content (AvgIpc) is 3.06. The van der Waals surface area contributed by atoms with E-state index in [-0.39, 0.29) is 17.8 Å². The normalized spacial score (nSPS) is 14.8. The van der Waals surface area contributed by atoms with Gasteiger partial charge in [0.25, 0.3) is 0 Å². The molecule has 0 aromatic carbocycles. The summed E-state index contributed by atoms with van der Waals surface area (Å²) in [5, 5.41) is 22.9. The third-order valence-electron chi connectivity index (χ3n) is 3.28. The zero-order chi connectivity index (χ0) is 14.8. The topological polar surface area (TPSA) is 100 Å². The maximum atomic E-state index is 11.9. The molecule has 1 aliphatic heterocycles. The van der Waals surface area contributed by atoms with E-state index in [1.807, 2.05) is 16.8 Å². The Bertz CT molecular complexity index is 648. The number of likely N-dealkylation sites (tertiary alicyclic amines) is 1. The van der Waals surface area contributed by atoms with E-state index < -0.39 is 5.97 Å². The summed E-state index contributed by atoms with van der Waals surface area (Å²) in [6.07, 6.45) is 1.38. The Morgan fingerprint density at radius 1 is 1.48 bits per heavy atom. The Hall–Kier alpha value is -2.42. The van der Waals surface area contributed by atoms with Crippen LogP contribution >= 0.6 is 11.3 Å². The lowest BCUT2D eigenvalue weighted by Crippen LogP contribution is -2.54. The van der Waals surface area contributed by atoms with Crippen molar-refractivity contribution in [1.82, 2.24) is 25.2 Å². The summed E-state index contributed by atoms with van der Waals surface area (Å²) in [6, 6.07) is 1.82. The number of carbonyl (C=O) groups excluding carboxylic acids is 1. The van der Waals surface area contributed by atoms with E-state index in [1.54, 1.807) is 16.2 Å². The van der Waals surface area contributed by atoms with E-state index in [9.17, 15) is 9.59 Å². The third kappa shape index (κ3) is 2.87. The van der Waals surface area contributed by atoms with Crippen LogP contribution in [0.5, 0.6) is 0 Å². The number of nitrogens with zero attached hydrogens (tertiary/aromatic N) is 4. The molecule has 0 radical (unpaired) electrons. The molecule has 21 heavy (non-hydrogen) atoms. The van der Waals surface area contributed by atoms with Gasteiger partial charge in [0.15, 0.2) is 5.69 Å². The molecule has 2 amide bonds. The van der Waals surface area contributed by atoms with Crippen LogP contribution in [0.1, 0.15) is 22.1 Å². The van der Waals surface area contributed by atoms with Crippen molar-refractivity contribution in [3.8, 4) is 0 Å². The molecule has 1 saturated heterocycles. The van der Waals surface area contributed by atoms with Crippen molar-refractivity contribution in [1.29, 1.82) is 0 Å². The molecule has 3 rings (SSSR count). The second-order valence-electron chi connectivity index (χ2n) is 4.74. The van der Waals surface area contributed by atoms with Crippen LogP contribution in [0, 0.1) is 0 Å². The highest BCUT2D eigenvalue weighted by molar-refractivity contribution is 7.07. The van der Waals surface area contributed by atoms with Gasteiger partial charge in [0.05, 0.1) is 12.2 Å². The quantitative estimate of drug-likeness (QED) is 0.870. The fraction of sp³-hybridized carbons (Fsp3) is 0.333. The lowest BCUT2D eigenvalue weighted by atomic mass is 10.1. The molecule has 9 heteroatoms. The van der Waals surface area contributed by atoms with Gasteiger partial charge in [0, 0.05) is 19.6 Å². The van der Waals surface area contributed by atoms with Gasteiger partial charge >= 0.3 is 12.0 Å². The molecule has 0 saturated carbocycles. The van der Waals surface area contributed by atoms with Crippen molar-refractivity contribution in [2.45, 2.75) is 12.6 Å². The molecule has 8 nitrogen and oxygen atoms in total. The maximum absolute atomic E-state index is 11.9. The van der Waals surface area contributed by atoms with Gasteiger partial charge in [-0.3, -0.25) is 0 Å². The molecule has 0 atom stereocenters. The van der Waals surface area contributed by atoms with Crippen LogP contribution in [0.25, 0.3) is 0 Å². The van der Waals surface area contributed by atoms with Crippen LogP contribution in [0.15, 0.2) is 23.0 Å². The summed E-state index contributed by atoms with van der Waals surface area (Å²) in [6.45, 7) is 1.51. The largest absolute Gasteiger partial charge is 0.476 e. The minimum absolute atomic E-state index is 0.0162. The first kappa shape index (κ1) is 13.6. The van der Waals surface area contributed by atoms with Gasteiger partial charge in [-0.1, -0.05) is 5.21 Å². The number of hydrogen-bond donors (Lipinski definition) is 2. The minimum Gasteiger partial charge on any atom is -0.476 e. The van der Waals surface area contributed by atoms with Crippen LogP contribution in [0.2, 0.25) is 0 Å². The number of nitrogens with one attached hydrogen (secondary N) is 1. The fourth-order valence-corrected chi connectivity index (χ4v) is 2.69. The van der Waals surface area contributed by atoms with Crippen LogP contribution < -0.4 is 5.32 Å². The summed E-state index contributed by atoms with van der Waals surface area (Å²) in [5.74, 6) is -1.11. The smallest absolute Gasteiger partial charge is 0.358 e. The molecular weight excluding hydrogens is 294 g/mol. The van der Waals surface area contributed by atoms with Gasteiger partial charge < -0.3 is 15.3 Å². The van der Waals surface area contributed by atoms with Crippen molar-refractivity contribution in [3.05, 3.63) is 34.3 Å². The van der Waals surface area contributed by atoms with E-state index in [0.717, 1.165) is 5.56 Å². The van der Waals surface area contributed by atoms with Gasteiger partial charge in [-0.15, -0.1) is 5.10 Å². The highest BCUT2D eigenvalue weighted by Crippen LogP contribution is 2.20. The second kappa shape index (κ2) is 5.52. The van der Waals surface area contributed by atoms with Crippen molar-refractivity contribution in [2.75, 3.05) is 13.1 Å². The van der Waals surface area contributed by atoms with Crippen LogP contribution in [0.3, 0.4) is 0 Å². The van der Waals surface area contributed by atoms with E-state index in [1.165, 1.54) is 10.9 Å². The zero-order valence-electron chi connectivity index (χ0n) is 11.0. The number of carboxylic acids is 1. The molecule has 2 aromatic heterocycles. The number of amides is 2. The Labute approximate surface area is 124 Å². The minimum atomic E-state index is -1.11. The van der Waals surface area contributed by atoms with Gasteiger partial charge in [-0.25, -0.2) is 14.3 Å². The number of rotatable bonds is 4. The van der Waals surface area contributed by atoms with Crippen molar-refractivity contribution >= 4 is 23.3 Å². The number of urea groups is 1. The summed E-state index contributed by atoms with van der Waals surface area (Å²) in [7, 11) is 0. The summed E-state index contributed by atoms with van der Waals surface area (Å²) >= 11 is 1.59. The first-order chi connectivity index (χ1) is 10.1. The van der Waals surface area contributed by atoms with Gasteiger partial charge in [-0.05, 0) is 22.4 Å². The van der Waals surface area contributed by atoms with E-state index in [2.05, 4.69) is 15.6 Å². The standard InChI is InChI=1S/C12H13N5O3S/c18-11(19)10-6-17(15-14-10)9-4-16(5-9)12(20)13-3-8-1-2-21-7-8/h1-2,6-7,9H,3-5H2,(H,13,20)(H,18,19). The predicted molar refractivity (Wildman–Crippen MR) is 74.1 cm³/mol. The SMILES string of the molecule is O=C(O)c1cn(C2CN(C(=O)NCc3ccsc3)C2)nn1. The molecule has 110 valence electrons. The summed E-state index contributed by atoms with van der Waals surface area (Å²) in [5.41, 5.74) is 0.989. The number of aromatic carboxylic acids is 1. The zero-order valence-corrected chi connectivity index (χ0v) is 11.8. The molecule has 1 fully saturated rings. The molecule has 0 unspecified atom stereocenters. The summed E-state index contributed by atoms with van der Waals surface area (Å²) in [4.78, 5) is 24.3. The Morgan fingerprint density at radius 3 is 2.90 bits per heavy atom. The molecule has 3 heterocycles. The Kier molecular flexibility index (Phi) is 3.57. The number of aromatic nitrogens is 3. The lowest BCUT2D eigenvalue weighted by molar-refractivity contribution is 0.0690. The Balaban J connectivity index is 1.48. The maximum Gasteiger partial charge on any atom is 0.358 e. The third-order valence-corrected chi connectivity index (χ3v) is 4.01. The number of thiophene rings is 1. The number of carboxylic acid groups (broad SMARTS) is 1. The van der Waals surface area contributed by atoms with Crippen LogP contribution in [0.4, 0.5) is 4.79 Å². The molecule has 0 spiro atoms. The van der Waals surface area contributed by atoms with E-state index >= 15 is 0 Å². The summed E-state index contributed by atoms with van der Waals surface area (Å²) < 4.78 is 1.49. The second-order valence-corrected chi connectivity index (χ2v) is 5.52. The average molecular weight is 307 g/mol. The molecule has 0 bridgehead atoms. The highest BCUT2D eigenvalue weighted by Gasteiger charge is 2.33. The van der Waals surface area contributed by atoms with Crippen molar-refractivity contribution in [2.24, 2.45) is 0 Å². The van der Waals surface area contributed by atoms with Gasteiger partial charge in [0.1, 0.15) is 0 Å². The molecule has 1 aliphatic rings. The van der Waals surface area contributed by atoms with Crippen LogP contribution in [-0.2, 0) is 6.54 Å². The van der Waals surface area contributed by atoms with Gasteiger partial charge in [0.2, 0.25) is 0 Å². The molecule has 2 N–H and O–H groups in total. The number of carbonyl (C=O) groups is 2. The van der Waals surface area contributed by atoms with Crippen molar-refractivity contribution in [3.63, 3.8) is 0 Å². The van der Waals surface area contributed by atoms with Crippen molar-refractivity contribution < 1.29 is 14.7 Å². The monoisotopic (exact) mass is 307 g/mol. The van der Waals surface area contributed by atoms with Gasteiger partial charge in [-0.2, -0.15) is 11.3 Å². The molecular formula is C12H13N5O3S.